The van der Waals surface area contributed by atoms with E-state index in [1.807, 2.05) is 6.92 Å². The molecule has 5 nitrogen and oxygen atoms in total. The highest BCUT2D eigenvalue weighted by Gasteiger charge is 2.25. The number of amides is 1. The average molecular weight is 236 g/mol. The van der Waals surface area contributed by atoms with Crippen LogP contribution in [0, 0.1) is 5.92 Å². The van der Waals surface area contributed by atoms with Crippen LogP contribution in [0.2, 0.25) is 0 Å². The smallest absolute Gasteiger partial charge is 0.326 e. The number of carboxylic acid groups (broad SMARTS) is 1. The summed E-state index contributed by atoms with van der Waals surface area (Å²) in [5.41, 5.74) is 0.224. The van der Waals surface area contributed by atoms with Gasteiger partial charge in [0.1, 0.15) is 11.7 Å². The second-order valence-corrected chi connectivity index (χ2v) is 3.89. The molecule has 0 bridgehead atoms. The number of rotatable bonds is 5. The average Bonchev–Trinajstić information content (AvgIpc) is 2.35. The van der Waals surface area contributed by atoms with Crippen molar-refractivity contribution in [3.63, 3.8) is 0 Å². The minimum Gasteiger partial charge on any atom is -0.480 e. The van der Waals surface area contributed by atoms with Gasteiger partial charge in [0.25, 0.3) is 5.91 Å². The molecule has 5 heteroatoms. The van der Waals surface area contributed by atoms with Crippen molar-refractivity contribution in [1.29, 1.82) is 0 Å². The van der Waals surface area contributed by atoms with E-state index in [1.54, 1.807) is 25.1 Å². The minimum absolute atomic E-state index is 0.125. The lowest BCUT2D eigenvalue weighted by Gasteiger charge is -2.19. The van der Waals surface area contributed by atoms with Crippen molar-refractivity contribution in [2.45, 2.75) is 26.3 Å². The number of carbonyl (C=O) groups is 2. The maximum atomic E-state index is 11.7. The highest BCUT2D eigenvalue weighted by atomic mass is 16.4. The molecule has 1 aromatic rings. The van der Waals surface area contributed by atoms with Crippen LogP contribution in [0.15, 0.2) is 24.4 Å². The van der Waals surface area contributed by atoms with E-state index >= 15 is 0 Å². The fourth-order valence-electron chi connectivity index (χ4n) is 1.40. The first kappa shape index (κ1) is 13.2. The van der Waals surface area contributed by atoms with E-state index in [4.69, 9.17) is 5.11 Å². The van der Waals surface area contributed by atoms with Gasteiger partial charge in [-0.1, -0.05) is 26.3 Å². The van der Waals surface area contributed by atoms with Crippen LogP contribution >= 0.6 is 0 Å². The van der Waals surface area contributed by atoms with E-state index in [9.17, 15) is 9.59 Å². The Kier molecular flexibility index (Phi) is 4.63. The topological polar surface area (TPSA) is 79.3 Å². The van der Waals surface area contributed by atoms with Gasteiger partial charge in [-0.15, -0.1) is 0 Å². The number of aromatic nitrogens is 1. The largest absolute Gasteiger partial charge is 0.480 e. The van der Waals surface area contributed by atoms with Crippen molar-refractivity contribution in [2.75, 3.05) is 0 Å². The molecule has 0 saturated carbocycles. The van der Waals surface area contributed by atoms with E-state index in [0.717, 1.165) is 0 Å². The Hall–Kier alpha value is -1.91. The van der Waals surface area contributed by atoms with Gasteiger partial charge in [0.15, 0.2) is 0 Å². The summed E-state index contributed by atoms with van der Waals surface area (Å²) in [7, 11) is 0. The van der Waals surface area contributed by atoms with E-state index in [0.29, 0.717) is 6.42 Å². The van der Waals surface area contributed by atoms with Crippen LogP contribution in [0.4, 0.5) is 0 Å². The van der Waals surface area contributed by atoms with Gasteiger partial charge < -0.3 is 10.4 Å². The fourth-order valence-corrected chi connectivity index (χ4v) is 1.40. The molecule has 2 N–H and O–H groups in total. The second kappa shape index (κ2) is 5.98. The summed E-state index contributed by atoms with van der Waals surface area (Å²) in [6.45, 7) is 3.67. The van der Waals surface area contributed by atoms with Gasteiger partial charge in [0.05, 0.1) is 0 Å². The number of hydrogen-bond donors (Lipinski definition) is 2. The van der Waals surface area contributed by atoms with Gasteiger partial charge >= 0.3 is 5.97 Å². The molecule has 0 aliphatic rings. The molecule has 0 spiro atoms. The predicted molar refractivity (Wildman–Crippen MR) is 62.6 cm³/mol. The number of aliphatic carboxylic acids is 1. The van der Waals surface area contributed by atoms with Crippen molar-refractivity contribution < 1.29 is 14.7 Å². The molecule has 0 aliphatic heterocycles. The molecule has 0 aromatic carbocycles. The molecule has 0 fully saturated rings. The SMILES string of the molecule is CC[C@H](C)[C@H](NC(=O)c1ccccn1)C(=O)O. The number of nitrogens with zero attached hydrogens (tertiary/aromatic N) is 1. The summed E-state index contributed by atoms with van der Waals surface area (Å²) in [5.74, 6) is -1.61. The van der Waals surface area contributed by atoms with Crippen LogP contribution in [-0.4, -0.2) is 28.0 Å². The van der Waals surface area contributed by atoms with Crippen molar-refractivity contribution in [2.24, 2.45) is 5.92 Å². The molecule has 0 unspecified atom stereocenters. The maximum absolute atomic E-state index is 11.7. The Morgan fingerprint density at radius 1 is 1.47 bits per heavy atom. The molecular weight excluding hydrogens is 220 g/mol. The Balaban J connectivity index is 2.75. The molecule has 92 valence electrons. The van der Waals surface area contributed by atoms with E-state index in [1.165, 1.54) is 6.20 Å². The Morgan fingerprint density at radius 3 is 2.65 bits per heavy atom. The Labute approximate surface area is 99.9 Å². The monoisotopic (exact) mass is 236 g/mol. The lowest BCUT2D eigenvalue weighted by atomic mass is 9.99. The quantitative estimate of drug-likeness (QED) is 0.807. The number of hydrogen-bond acceptors (Lipinski definition) is 3. The molecule has 1 aromatic heterocycles. The first-order chi connectivity index (χ1) is 8.06. The van der Waals surface area contributed by atoms with Gasteiger partial charge in [-0.2, -0.15) is 0 Å². The zero-order valence-corrected chi connectivity index (χ0v) is 9.88. The standard InChI is InChI=1S/C12H16N2O3/c1-3-8(2)10(12(16)17)14-11(15)9-6-4-5-7-13-9/h4-8,10H,3H2,1-2H3,(H,14,15)(H,16,17)/t8-,10-/m0/s1. The zero-order chi connectivity index (χ0) is 12.8. The summed E-state index contributed by atoms with van der Waals surface area (Å²) in [5, 5.41) is 11.5. The van der Waals surface area contributed by atoms with Gasteiger partial charge in [0.2, 0.25) is 0 Å². The number of carboxylic acids is 1. The molecule has 0 aliphatic carbocycles. The summed E-state index contributed by atoms with van der Waals surface area (Å²) in [4.78, 5) is 26.6. The molecule has 2 atom stereocenters. The van der Waals surface area contributed by atoms with Crippen molar-refractivity contribution in [3.05, 3.63) is 30.1 Å². The van der Waals surface area contributed by atoms with Gasteiger partial charge in [-0.3, -0.25) is 9.78 Å². The maximum Gasteiger partial charge on any atom is 0.326 e. The lowest BCUT2D eigenvalue weighted by Crippen LogP contribution is -2.45. The summed E-state index contributed by atoms with van der Waals surface area (Å²) < 4.78 is 0. The van der Waals surface area contributed by atoms with Crippen LogP contribution in [0.3, 0.4) is 0 Å². The molecule has 17 heavy (non-hydrogen) atoms. The summed E-state index contributed by atoms with van der Waals surface area (Å²) in [6, 6.07) is 4.04. The number of carbonyl (C=O) groups excluding carboxylic acids is 1. The van der Waals surface area contributed by atoms with Crippen molar-refractivity contribution in [1.82, 2.24) is 10.3 Å². The van der Waals surface area contributed by atoms with Crippen molar-refractivity contribution >= 4 is 11.9 Å². The third-order valence-electron chi connectivity index (χ3n) is 2.66. The summed E-state index contributed by atoms with van der Waals surface area (Å²) >= 11 is 0. The molecule has 1 rings (SSSR count). The first-order valence-electron chi connectivity index (χ1n) is 5.51. The van der Waals surface area contributed by atoms with E-state index < -0.39 is 17.9 Å². The van der Waals surface area contributed by atoms with Crippen molar-refractivity contribution in [3.8, 4) is 0 Å². The van der Waals surface area contributed by atoms with Crippen LogP contribution in [0.25, 0.3) is 0 Å². The normalized spacial score (nSPS) is 13.8. The molecular formula is C12H16N2O3. The van der Waals surface area contributed by atoms with Crippen LogP contribution in [0.5, 0.6) is 0 Å². The highest BCUT2D eigenvalue weighted by Crippen LogP contribution is 2.08. The van der Waals surface area contributed by atoms with E-state index in [2.05, 4.69) is 10.3 Å². The zero-order valence-electron chi connectivity index (χ0n) is 9.88. The lowest BCUT2D eigenvalue weighted by molar-refractivity contribution is -0.140. The second-order valence-electron chi connectivity index (χ2n) is 3.89. The molecule has 1 heterocycles. The predicted octanol–water partition coefficient (Wildman–Crippen LogP) is 1.31. The molecule has 1 amide bonds. The minimum atomic E-state index is -1.02. The van der Waals surface area contributed by atoms with Crippen LogP contribution in [-0.2, 0) is 4.79 Å². The van der Waals surface area contributed by atoms with E-state index in [-0.39, 0.29) is 11.6 Å². The van der Waals surface area contributed by atoms with Crippen LogP contribution in [0.1, 0.15) is 30.8 Å². The summed E-state index contributed by atoms with van der Waals surface area (Å²) in [6.07, 6.45) is 2.17. The third-order valence-corrected chi connectivity index (χ3v) is 2.66. The van der Waals surface area contributed by atoms with Gasteiger partial charge in [-0.25, -0.2) is 4.79 Å². The Bertz CT molecular complexity index is 392. The third kappa shape index (κ3) is 3.55. The van der Waals surface area contributed by atoms with Gasteiger partial charge in [-0.05, 0) is 18.1 Å². The Morgan fingerprint density at radius 2 is 2.18 bits per heavy atom. The molecule has 0 saturated heterocycles. The molecule has 0 radical (unpaired) electrons. The fraction of sp³-hybridized carbons (Fsp3) is 0.417. The highest BCUT2D eigenvalue weighted by molar-refractivity contribution is 5.94. The number of nitrogens with one attached hydrogen (secondary N) is 1. The number of pyridine rings is 1. The first-order valence-corrected chi connectivity index (χ1v) is 5.51. The van der Waals surface area contributed by atoms with Crippen LogP contribution < -0.4 is 5.32 Å². The van der Waals surface area contributed by atoms with Gasteiger partial charge in [0, 0.05) is 6.20 Å².